The van der Waals surface area contributed by atoms with E-state index in [2.05, 4.69) is 31.2 Å². The van der Waals surface area contributed by atoms with Gasteiger partial charge in [0.1, 0.15) is 5.75 Å². The predicted octanol–water partition coefficient (Wildman–Crippen LogP) is 4.20. The van der Waals surface area contributed by atoms with E-state index in [0.29, 0.717) is 16.8 Å². The van der Waals surface area contributed by atoms with Gasteiger partial charge in [-0.05, 0) is 43.3 Å². The topological polar surface area (TPSA) is 50.7 Å². The number of carbonyl (C=O) groups excluding carboxylic acids is 1. The van der Waals surface area contributed by atoms with Crippen molar-refractivity contribution in [2.45, 2.75) is 13.5 Å². The molecule has 0 aliphatic carbocycles. The van der Waals surface area contributed by atoms with Crippen LogP contribution in [0, 0.1) is 0 Å². The van der Waals surface area contributed by atoms with E-state index in [1.807, 2.05) is 0 Å². The van der Waals surface area contributed by atoms with E-state index in [-0.39, 0.29) is 5.75 Å². The van der Waals surface area contributed by atoms with E-state index < -0.39 is 12.5 Å². The fraction of sp³-hybridized carbons (Fsp3) is 0.125. The van der Waals surface area contributed by atoms with Crippen molar-refractivity contribution in [3.63, 3.8) is 0 Å². The van der Waals surface area contributed by atoms with Crippen LogP contribution in [-0.4, -0.2) is 18.2 Å². The Kier molecular flexibility index (Phi) is 5.81. The minimum absolute atomic E-state index is 0.00152. The van der Waals surface area contributed by atoms with Gasteiger partial charge in [-0.2, -0.15) is 13.9 Å². The monoisotopic (exact) mass is 382 g/mol. The van der Waals surface area contributed by atoms with Gasteiger partial charge in [0.15, 0.2) is 0 Å². The molecule has 0 radical (unpaired) electrons. The van der Waals surface area contributed by atoms with Crippen LogP contribution < -0.4 is 10.2 Å². The van der Waals surface area contributed by atoms with Gasteiger partial charge in [0, 0.05) is 15.6 Å². The lowest BCUT2D eigenvalue weighted by atomic mass is 10.1. The highest BCUT2D eigenvalue weighted by atomic mass is 79.9. The Balaban J connectivity index is 2.14. The van der Waals surface area contributed by atoms with Gasteiger partial charge in [-0.1, -0.05) is 28.1 Å². The molecule has 0 aromatic heterocycles. The summed E-state index contributed by atoms with van der Waals surface area (Å²) in [7, 11) is 0. The highest BCUT2D eigenvalue weighted by molar-refractivity contribution is 9.10. The predicted molar refractivity (Wildman–Crippen MR) is 86.9 cm³/mol. The first kappa shape index (κ1) is 17.1. The number of alkyl halides is 2. The lowest BCUT2D eigenvalue weighted by Gasteiger charge is -2.10. The van der Waals surface area contributed by atoms with Crippen LogP contribution in [0.2, 0.25) is 0 Å². The van der Waals surface area contributed by atoms with Crippen molar-refractivity contribution < 1.29 is 18.3 Å². The fourth-order valence-corrected chi connectivity index (χ4v) is 2.09. The molecule has 0 heterocycles. The quantitative estimate of drug-likeness (QED) is 0.622. The number of benzene rings is 2. The van der Waals surface area contributed by atoms with Crippen molar-refractivity contribution in [3.8, 4) is 5.75 Å². The Morgan fingerprint density at radius 1 is 1.17 bits per heavy atom. The number of nitrogens with one attached hydrogen (secondary N) is 1. The lowest BCUT2D eigenvalue weighted by molar-refractivity contribution is -0.0499. The number of hydrogen-bond acceptors (Lipinski definition) is 3. The average Bonchev–Trinajstić information content (AvgIpc) is 2.53. The van der Waals surface area contributed by atoms with Crippen molar-refractivity contribution in [1.29, 1.82) is 0 Å². The summed E-state index contributed by atoms with van der Waals surface area (Å²) < 4.78 is 30.1. The molecule has 0 fully saturated rings. The second-order valence-corrected chi connectivity index (χ2v) is 5.44. The van der Waals surface area contributed by atoms with Crippen molar-refractivity contribution in [2.24, 2.45) is 5.10 Å². The minimum atomic E-state index is -2.93. The van der Waals surface area contributed by atoms with Gasteiger partial charge in [-0.15, -0.1) is 0 Å². The van der Waals surface area contributed by atoms with Crippen molar-refractivity contribution >= 4 is 27.5 Å². The maximum Gasteiger partial charge on any atom is 0.387 e. The van der Waals surface area contributed by atoms with Gasteiger partial charge >= 0.3 is 6.61 Å². The van der Waals surface area contributed by atoms with E-state index in [4.69, 9.17) is 0 Å². The summed E-state index contributed by atoms with van der Waals surface area (Å²) in [5, 5.41) is 3.94. The van der Waals surface area contributed by atoms with Crippen LogP contribution in [0.25, 0.3) is 0 Å². The first-order valence-electron chi connectivity index (χ1n) is 6.62. The molecule has 2 rings (SSSR count). The third-order valence-electron chi connectivity index (χ3n) is 2.92. The molecule has 0 aliphatic rings. The summed E-state index contributed by atoms with van der Waals surface area (Å²) in [6.07, 6.45) is 0. The Morgan fingerprint density at radius 3 is 2.48 bits per heavy atom. The zero-order chi connectivity index (χ0) is 16.8. The van der Waals surface area contributed by atoms with Gasteiger partial charge < -0.3 is 4.74 Å². The van der Waals surface area contributed by atoms with Crippen LogP contribution in [-0.2, 0) is 0 Å². The van der Waals surface area contributed by atoms with Gasteiger partial charge in [-0.25, -0.2) is 5.43 Å². The van der Waals surface area contributed by atoms with Crippen LogP contribution in [0.15, 0.2) is 58.1 Å². The fourth-order valence-electron chi connectivity index (χ4n) is 1.82. The van der Waals surface area contributed by atoms with Crippen LogP contribution in [0.1, 0.15) is 22.8 Å². The van der Waals surface area contributed by atoms with Crippen LogP contribution in [0.3, 0.4) is 0 Å². The Bertz CT molecular complexity index is 718. The molecule has 0 bridgehead atoms. The smallest absolute Gasteiger partial charge is 0.387 e. The van der Waals surface area contributed by atoms with Crippen LogP contribution in [0.4, 0.5) is 8.78 Å². The number of rotatable bonds is 5. The Labute approximate surface area is 140 Å². The molecule has 0 saturated carbocycles. The molecule has 2 aromatic rings. The number of para-hydroxylation sites is 1. The standard InChI is InChI=1S/C16H13BrF2N2O2/c1-10(13-4-2-3-5-14(13)23-16(18)19)20-21-15(22)11-6-8-12(17)9-7-11/h2-9,16H,1H3,(H,21,22)/b20-10-. The molecule has 1 amide bonds. The molecule has 0 saturated heterocycles. The average molecular weight is 383 g/mol. The van der Waals surface area contributed by atoms with E-state index >= 15 is 0 Å². The summed E-state index contributed by atoms with van der Waals surface area (Å²) in [5.74, 6) is -0.397. The van der Waals surface area contributed by atoms with Gasteiger partial charge in [0.25, 0.3) is 5.91 Å². The molecule has 4 nitrogen and oxygen atoms in total. The molecular formula is C16H13BrF2N2O2. The molecular weight excluding hydrogens is 370 g/mol. The summed E-state index contributed by atoms with van der Waals surface area (Å²) in [6, 6.07) is 13.0. The molecule has 0 atom stereocenters. The summed E-state index contributed by atoms with van der Waals surface area (Å²) >= 11 is 3.28. The number of hydrazone groups is 1. The van der Waals surface area contributed by atoms with Crippen molar-refractivity contribution in [2.75, 3.05) is 0 Å². The molecule has 23 heavy (non-hydrogen) atoms. The minimum Gasteiger partial charge on any atom is -0.434 e. The number of carbonyl (C=O) groups is 1. The maximum absolute atomic E-state index is 12.4. The van der Waals surface area contributed by atoms with E-state index in [1.54, 1.807) is 49.4 Å². The van der Waals surface area contributed by atoms with E-state index in [9.17, 15) is 13.6 Å². The highest BCUT2D eigenvalue weighted by Crippen LogP contribution is 2.21. The number of ether oxygens (including phenoxy) is 1. The summed E-state index contributed by atoms with van der Waals surface area (Å²) in [5.41, 5.74) is 3.55. The molecule has 0 spiro atoms. The third kappa shape index (κ3) is 4.85. The van der Waals surface area contributed by atoms with Crippen molar-refractivity contribution in [3.05, 3.63) is 64.1 Å². The number of amides is 1. The molecule has 0 aliphatic heterocycles. The summed E-state index contributed by atoms with van der Waals surface area (Å²) in [6.45, 7) is -1.34. The normalized spacial score (nSPS) is 11.4. The largest absolute Gasteiger partial charge is 0.434 e. The van der Waals surface area contributed by atoms with E-state index in [0.717, 1.165) is 4.47 Å². The zero-order valence-corrected chi connectivity index (χ0v) is 13.7. The molecule has 0 unspecified atom stereocenters. The van der Waals surface area contributed by atoms with Gasteiger partial charge in [0.05, 0.1) is 5.71 Å². The Hall–Kier alpha value is -2.28. The molecule has 120 valence electrons. The zero-order valence-electron chi connectivity index (χ0n) is 12.1. The number of nitrogens with zero attached hydrogens (tertiary/aromatic N) is 1. The SMILES string of the molecule is C/C(=N/NC(=O)c1ccc(Br)cc1)c1ccccc1OC(F)F. The number of halogens is 3. The number of hydrogen-bond donors (Lipinski definition) is 1. The molecule has 1 N–H and O–H groups in total. The van der Waals surface area contributed by atoms with Crippen LogP contribution in [0.5, 0.6) is 5.75 Å². The first-order valence-corrected chi connectivity index (χ1v) is 7.41. The van der Waals surface area contributed by atoms with Crippen molar-refractivity contribution in [1.82, 2.24) is 5.43 Å². The van der Waals surface area contributed by atoms with Gasteiger partial charge in [-0.3, -0.25) is 4.79 Å². The first-order chi connectivity index (χ1) is 11.0. The molecule has 2 aromatic carbocycles. The second kappa shape index (κ2) is 7.82. The second-order valence-electron chi connectivity index (χ2n) is 4.52. The molecule has 7 heteroatoms. The van der Waals surface area contributed by atoms with Crippen LogP contribution >= 0.6 is 15.9 Å². The third-order valence-corrected chi connectivity index (χ3v) is 3.45. The maximum atomic E-state index is 12.4. The Morgan fingerprint density at radius 2 is 1.83 bits per heavy atom. The highest BCUT2D eigenvalue weighted by Gasteiger charge is 2.11. The van der Waals surface area contributed by atoms with E-state index in [1.165, 1.54) is 6.07 Å². The van der Waals surface area contributed by atoms with Gasteiger partial charge in [0.2, 0.25) is 0 Å². The summed E-state index contributed by atoms with van der Waals surface area (Å²) in [4.78, 5) is 12.0. The lowest BCUT2D eigenvalue weighted by Crippen LogP contribution is -2.19.